The average Bonchev–Trinajstić information content (AvgIpc) is 3.22. The lowest BCUT2D eigenvalue weighted by Gasteiger charge is -2.16. The van der Waals surface area contributed by atoms with Crippen LogP contribution in [0.4, 0.5) is 0 Å². The summed E-state index contributed by atoms with van der Waals surface area (Å²) in [4.78, 5) is 12.6. The van der Waals surface area contributed by atoms with E-state index in [9.17, 15) is 13.2 Å². The molecule has 138 valence electrons. The molecule has 2 heterocycles. The molecule has 2 aliphatic rings. The number of amides is 1. The fraction of sp³-hybridized carbons (Fsp3) is 0.412. The lowest BCUT2D eigenvalue weighted by atomic mass is 10.2. The van der Waals surface area contributed by atoms with Gasteiger partial charge in [-0.25, -0.2) is 8.42 Å². The van der Waals surface area contributed by atoms with Crippen LogP contribution in [0.5, 0.6) is 5.75 Å². The van der Waals surface area contributed by atoms with Gasteiger partial charge in [-0.15, -0.1) is 0 Å². The van der Waals surface area contributed by atoms with Crippen molar-refractivity contribution in [1.82, 2.24) is 19.4 Å². The molecule has 1 saturated carbocycles. The zero-order valence-electron chi connectivity index (χ0n) is 14.6. The van der Waals surface area contributed by atoms with Crippen LogP contribution in [0, 0.1) is 0 Å². The number of hydrogen-bond acceptors (Lipinski definition) is 5. The summed E-state index contributed by atoms with van der Waals surface area (Å²) < 4.78 is 33.9. The predicted molar refractivity (Wildman–Crippen MR) is 93.1 cm³/mol. The van der Waals surface area contributed by atoms with Crippen LogP contribution in [0.1, 0.15) is 34.6 Å². The summed E-state index contributed by atoms with van der Waals surface area (Å²) in [5, 5.41) is 7.21. The lowest BCUT2D eigenvalue weighted by Crippen LogP contribution is -2.29. The molecular weight excluding hydrogens is 356 g/mol. The van der Waals surface area contributed by atoms with Crippen LogP contribution in [0.2, 0.25) is 0 Å². The van der Waals surface area contributed by atoms with Crippen LogP contribution >= 0.6 is 0 Å². The van der Waals surface area contributed by atoms with E-state index < -0.39 is 10.0 Å². The smallest absolute Gasteiger partial charge is 0.272 e. The highest BCUT2D eigenvalue weighted by molar-refractivity contribution is 7.89. The molecule has 0 bridgehead atoms. The summed E-state index contributed by atoms with van der Waals surface area (Å²) in [6.45, 7) is 0.342. The number of nitrogens with one attached hydrogen (secondary N) is 1. The van der Waals surface area contributed by atoms with Crippen molar-refractivity contribution in [3.05, 3.63) is 41.2 Å². The number of hydrogen-bond donors (Lipinski definition) is 1. The zero-order chi connectivity index (χ0) is 18.5. The van der Waals surface area contributed by atoms with Crippen molar-refractivity contribution in [2.45, 2.75) is 36.9 Å². The maximum Gasteiger partial charge on any atom is 0.272 e. The van der Waals surface area contributed by atoms with Crippen molar-refractivity contribution in [2.75, 3.05) is 7.11 Å². The van der Waals surface area contributed by atoms with E-state index >= 15 is 0 Å². The highest BCUT2D eigenvalue weighted by atomic mass is 32.2. The number of fused-ring (bicyclic) bond motifs is 1. The van der Waals surface area contributed by atoms with Gasteiger partial charge >= 0.3 is 0 Å². The number of nitrogens with zero attached hydrogens (tertiary/aromatic N) is 3. The molecule has 1 fully saturated rings. The third-order valence-corrected chi connectivity index (χ3v) is 6.57. The molecule has 2 aromatic rings. The first-order valence-corrected chi connectivity index (χ1v) is 9.84. The van der Waals surface area contributed by atoms with Gasteiger partial charge in [0.2, 0.25) is 10.0 Å². The van der Waals surface area contributed by atoms with E-state index in [1.54, 1.807) is 23.9 Å². The van der Waals surface area contributed by atoms with Gasteiger partial charge in [-0.05, 0) is 37.1 Å². The Balaban J connectivity index is 1.60. The molecule has 26 heavy (non-hydrogen) atoms. The van der Waals surface area contributed by atoms with Gasteiger partial charge in [0.25, 0.3) is 5.91 Å². The molecule has 4 rings (SSSR count). The Bertz CT molecular complexity index is 961. The first-order valence-electron chi connectivity index (χ1n) is 8.40. The lowest BCUT2D eigenvalue weighted by molar-refractivity contribution is 0.0944. The van der Waals surface area contributed by atoms with Crippen LogP contribution in [0.25, 0.3) is 0 Å². The average molecular weight is 376 g/mol. The number of methoxy groups -OCH3 is 1. The fourth-order valence-corrected chi connectivity index (χ4v) is 4.47. The van der Waals surface area contributed by atoms with Gasteiger partial charge < -0.3 is 10.1 Å². The van der Waals surface area contributed by atoms with Gasteiger partial charge in [0.15, 0.2) is 5.69 Å². The minimum Gasteiger partial charge on any atom is -0.497 e. The maximum atomic E-state index is 12.9. The molecule has 0 spiro atoms. The van der Waals surface area contributed by atoms with E-state index in [1.165, 1.54) is 23.5 Å². The second-order valence-corrected chi connectivity index (χ2v) is 8.53. The Morgan fingerprint density at radius 1 is 1.23 bits per heavy atom. The number of aryl methyl sites for hydroxylation is 1. The van der Waals surface area contributed by atoms with Gasteiger partial charge in [-0.2, -0.15) is 9.40 Å². The normalized spacial score (nSPS) is 17.2. The number of sulfonamides is 1. The molecule has 9 heteroatoms. The summed E-state index contributed by atoms with van der Waals surface area (Å²) in [6.07, 6.45) is 1.97. The van der Waals surface area contributed by atoms with Crippen molar-refractivity contribution in [3.63, 3.8) is 0 Å². The van der Waals surface area contributed by atoms with E-state index in [4.69, 9.17) is 4.74 Å². The predicted octanol–water partition coefficient (Wildman–Crippen LogP) is 1.03. The Labute approximate surface area is 151 Å². The first-order chi connectivity index (χ1) is 12.4. The van der Waals surface area contributed by atoms with E-state index in [0.29, 0.717) is 17.0 Å². The molecule has 1 amide bonds. The zero-order valence-corrected chi connectivity index (χ0v) is 15.4. The Morgan fingerprint density at radius 2 is 1.92 bits per heavy atom. The number of carbonyl (C=O) groups is 1. The summed E-state index contributed by atoms with van der Waals surface area (Å²) >= 11 is 0. The number of ether oxygens (including phenoxy) is 1. The minimum absolute atomic E-state index is 0.144. The molecular formula is C17H20N4O4S. The highest BCUT2D eigenvalue weighted by Crippen LogP contribution is 2.31. The van der Waals surface area contributed by atoms with Crippen molar-refractivity contribution in [2.24, 2.45) is 7.05 Å². The quantitative estimate of drug-likeness (QED) is 0.841. The molecule has 1 aromatic carbocycles. The van der Waals surface area contributed by atoms with Crippen molar-refractivity contribution < 1.29 is 17.9 Å². The Kier molecular flexibility index (Phi) is 4.00. The summed E-state index contributed by atoms with van der Waals surface area (Å²) in [5.41, 5.74) is 1.76. The number of rotatable bonds is 5. The molecule has 0 saturated heterocycles. The van der Waals surface area contributed by atoms with Gasteiger partial charge in [0, 0.05) is 25.2 Å². The van der Waals surface area contributed by atoms with Crippen LogP contribution in [-0.2, 0) is 30.2 Å². The van der Waals surface area contributed by atoms with Crippen LogP contribution < -0.4 is 10.1 Å². The van der Waals surface area contributed by atoms with Crippen LogP contribution in [0.3, 0.4) is 0 Å². The molecule has 1 aromatic heterocycles. The standard InChI is InChI=1S/C17H20N4O4S/c1-20-15-10-21(26(23,24)13-7-5-12(25-2)6-8-13)9-14(15)16(19-20)17(22)18-11-3-4-11/h5-8,11H,3-4,9-10H2,1-2H3,(H,18,22). The largest absolute Gasteiger partial charge is 0.497 e. The second-order valence-electron chi connectivity index (χ2n) is 6.59. The maximum absolute atomic E-state index is 12.9. The highest BCUT2D eigenvalue weighted by Gasteiger charge is 2.37. The van der Waals surface area contributed by atoms with Crippen molar-refractivity contribution >= 4 is 15.9 Å². The van der Waals surface area contributed by atoms with E-state index in [-0.39, 0.29) is 29.9 Å². The van der Waals surface area contributed by atoms with E-state index in [0.717, 1.165) is 18.5 Å². The SMILES string of the molecule is COc1ccc(S(=O)(=O)N2Cc3c(C(=O)NC4CC4)nn(C)c3C2)cc1. The van der Waals surface area contributed by atoms with Gasteiger partial charge in [0.1, 0.15) is 5.75 Å². The van der Waals surface area contributed by atoms with Gasteiger partial charge in [-0.3, -0.25) is 9.48 Å². The third-order valence-electron chi connectivity index (χ3n) is 4.76. The molecule has 8 nitrogen and oxygen atoms in total. The number of carbonyl (C=O) groups excluding carboxylic acids is 1. The number of benzene rings is 1. The topological polar surface area (TPSA) is 93.5 Å². The summed E-state index contributed by atoms with van der Waals surface area (Å²) in [5.74, 6) is 0.366. The Morgan fingerprint density at radius 3 is 2.54 bits per heavy atom. The summed E-state index contributed by atoms with van der Waals surface area (Å²) in [7, 11) is -0.404. The monoisotopic (exact) mass is 376 g/mol. The molecule has 0 atom stereocenters. The molecule has 0 radical (unpaired) electrons. The molecule has 1 aliphatic carbocycles. The van der Waals surface area contributed by atoms with Gasteiger partial charge in [-0.1, -0.05) is 0 Å². The van der Waals surface area contributed by atoms with Crippen molar-refractivity contribution in [3.8, 4) is 5.75 Å². The molecule has 1 aliphatic heterocycles. The second kappa shape index (κ2) is 6.10. The first kappa shape index (κ1) is 17.0. The van der Waals surface area contributed by atoms with E-state index in [1.807, 2.05) is 0 Å². The molecule has 0 unspecified atom stereocenters. The number of aromatic nitrogens is 2. The van der Waals surface area contributed by atoms with Crippen LogP contribution in [-0.4, -0.2) is 41.6 Å². The van der Waals surface area contributed by atoms with Gasteiger partial charge in [0.05, 0.1) is 24.2 Å². The minimum atomic E-state index is -3.67. The van der Waals surface area contributed by atoms with Crippen LogP contribution in [0.15, 0.2) is 29.2 Å². The fourth-order valence-electron chi connectivity index (χ4n) is 3.10. The summed E-state index contributed by atoms with van der Waals surface area (Å²) in [6, 6.07) is 6.51. The van der Waals surface area contributed by atoms with Crippen molar-refractivity contribution in [1.29, 1.82) is 0 Å². The van der Waals surface area contributed by atoms with E-state index in [2.05, 4.69) is 10.4 Å². The molecule has 1 N–H and O–H groups in total. The third kappa shape index (κ3) is 2.86. The Hall–Kier alpha value is -2.39.